The highest BCUT2D eigenvalue weighted by atomic mass is 16.3. The molecule has 3 saturated carbocycles. The van der Waals surface area contributed by atoms with Crippen molar-refractivity contribution in [2.24, 2.45) is 28.6 Å². The van der Waals surface area contributed by atoms with Gasteiger partial charge in [0.05, 0.1) is 17.8 Å². The number of fused-ring (bicyclic) bond motifs is 5. The van der Waals surface area contributed by atoms with E-state index in [1.165, 1.54) is 5.57 Å². The van der Waals surface area contributed by atoms with Crippen LogP contribution in [0.3, 0.4) is 0 Å². The van der Waals surface area contributed by atoms with Crippen molar-refractivity contribution in [3.8, 4) is 0 Å². The molecular formula is C21H34O3. The molecule has 2 unspecified atom stereocenters. The lowest BCUT2D eigenvalue weighted by molar-refractivity contribution is -0.186. The summed E-state index contributed by atoms with van der Waals surface area (Å²) in [7, 11) is 0. The molecule has 3 N–H and O–H groups in total. The number of rotatable bonds is 1. The van der Waals surface area contributed by atoms with Gasteiger partial charge >= 0.3 is 0 Å². The van der Waals surface area contributed by atoms with E-state index in [0.29, 0.717) is 11.8 Å². The average Bonchev–Trinajstić information content (AvgIpc) is 2.80. The Hall–Kier alpha value is -0.380. The van der Waals surface area contributed by atoms with Gasteiger partial charge in [-0.3, -0.25) is 0 Å². The minimum atomic E-state index is -0.640. The van der Waals surface area contributed by atoms with Crippen molar-refractivity contribution < 1.29 is 15.3 Å². The third-order valence-corrected chi connectivity index (χ3v) is 8.92. The first-order chi connectivity index (χ1) is 11.2. The summed E-state index contributed by atoms with van der Waals surface area (Å²) >= 11 is 0. The van der Waals surface area contributed by atoms with Gasteiger partial charge < -0.3 is 15.3 Å². The van der Waals surface area contributed by atoms with Gasteiger partial charge in [0.15, 0.2) is 0 Å². The molecule has 0 aliphatic heterocycles. The number of hydrogen-bond donors (Lipinski definition) is 3. The van der Waals surface area contributed by atoms with Crippen LogP contribution in [0.1, 0.15) is 72.1 Å². The lowest BCUT2D eigenvalue weighted by Gasteiger charge is -2.61. The lowest BCUT2D eigenvalue weighted by atomic mass is 9.45. The van der Waals surface area contributed by atoms with Crippen LogP contribution in [0.5, 0.6) is 0 Å². The maximum atomic E-state index is 11.9. The molecule has 4 aliphatic rings. The molecule has 0 aromatic carbocycles. The summed E-state index contributed by atoms with van der Waals surface area (Å²) in [4.78, 5) is 0. The van der Waals surface area contributed by atoms with Crippen molar-refractivity contribution in [2.75, 3.05) is 0 Å². The van der Waals surface area contributed by atoms with Crippen LogP contribution in [0.15, 0.2) is 11.6 Å². The molecule has 4 rings (SSSR count). The molecule has 3 heteroatoms. The fourth-order valence-corrected chi connectivity index (χ4v) is 7.42. The summed E-state index contributed by atoms with van der Waals surface area (Å²) in [5.74, 6) is 1.05. The zero-order chi connectivity index (χ0) is 17.3. The van der Waals surface area contributed by atoms with Gasteiger partial charge in [0.1, 0.15) is 0 Å². The van der Waals surface area contributed by atoms with E-state index in [2.05, 4.69) is 19.9 Å². The van der Waals surface area contributed by atoms with E-state index in [9.17, 15) is 15.3 Å². The first-order valence-electron chi connectivity index (χ1n) is 10.0. The van der Waals surface area contributed by atoms with Gasteiger partial charge in [0, 0.05) is 5.41 Å². The van der Waals surface area contributed by atoms with Gasteiger partial charge in [-0.1, -0.05) is 25.5 Å². The standard InChI is InChI=1S/C21H34O3/c1-13(22)16-8-11-21(24)18-5-4-14-12-15(23)6-9-19(14,2)17(18)7-10-20(16,21)3/h4,13,15-18,22-24H,5-12H2,1-3H3/t13?,15?,16-,17+,18-,19+,20-,21-/m1/s1. The highest BCUT2D eigenvalue weighted by Gasteiger charge is 2.66. The molecule has 3 nitrogen and oxygen atoms in total. The molecule has 8 atom stereocenters. The topological polar surface area (TPSA) is 60.7 Å². The zero-order valence-corrected chi connectivity index (χ0v) is 15.5. The SMILES string of the molecule is CC(O)[C@H]1CC[C@@]2(O)[C@@H]3CC=C4CC(O)CC[C@]4(C)[C@H]3CC[C@]12C. The van der Waals surface area contributed by atoms with Crippen LogP contribution in [0.2, 0.25) is 0 Å². The second kappa shape index (κ2) is 5.31. The normalized spacial score (nSPS) is 55.2. The van der Waals surface area contributed by atoms with Crippen molar-refractivity contribution >= 4 is 0 Å². The number of allylic oxidation sites excluding steroid dienone is 1. The molecule has 0 aromatic heterocycles. The fraction of sp³-hybridized carbons (Fsp3) is 0.905. The molecule has 0 amide bonds. The Kier molecular flexibility index (Phi) is 3.77. The van der Waals surface area contributed by atoms with Gasteiger partial charge in [-0.2, -0.15) is 0 Å². The largest absolute Gasteiger partial charge is 0.393 e. The number of hydrogen-bond acceptors (Lipinski definition) is 3. The fourth-order valence-electron chi connectivity index (χ4n) is 7.42. The van der Waals surface area contributed by atoms with Crippen LogP contribution in [-0.4, -0.2) is 33.1 Å². The van der Waals surface area contributed by atoms with E-state index in [1.807, 2.05) is 6.92 Å². The first-order valence-corrected chi connectivity index (χ1v) is 10.0. The third kappa shape index (κ3) is 2.01. The molecule has 4 aliphatic carbocycles. The van der Waals surface area contributed by atoms with E-state index >= 15 is 0 Å². The van der Waals surface area contributed by atoms with E-state index in [-0.39, 0.29) is 29.0 Å². The molecule has 0 spiro atoms. The molecule has 0 radical (unpaired) electrons. The van der Waals surface area contributed by atoms with Crippen LogP contribution in [-0.2, 0) is 0 Å². The summed E-state index contributed by atoms with van der Waals surface area (Å²) < 4.78 is 0. The summed E-state index contributed by atoms with van der Waals surface area (Å²) in [6.07, 6.45) is 9.50. The summed E-state index contributed by atoms with van der Waals surface area (Å²) in [6.45, 7) is 6.52. The van der Waals surface area contributed by atoms with Gasteiger partial charge in [-0.05, 0) is 81.5 Å². The quantitative estimate of drug-likeness (QED) is 0.644. The first kappa shape index (κ1) is 17.1. The molecule has 136 valence electrons. The van der Waals surface area contributed by atoms with E-state index in [1.54, 1.807) is 0 Å². The Labute approximate surface area is 146 Å². The predicted molar refractivity (Wildman–Crippen MR) is 94.3 cm³/mol. The Balaban J connectivity index is 1.71. The Morgan fingerprint density at radius 1 is 1.08 bits per heavy atom. The average molecular weight is 335 g/mol. The summed E-state index contributed by atoms with van der Waals surface area (Å²) in [6, 6.07) is 0. The molecule has 3 fully saturated rings. The minimum absolute atomic E-state index is 0.155. The zero-order valence-electron chi connectivity index (χ0n) is 15.5. The van der Waals surface area contributed by atoms with Crippen LogP contribution >= 0.6 is 0 Å². The van der Waals surface area contributed by atoms with Crippen LogP contribution in [0.25, 0.3) is 0 Å². The third-order valence-electron chi connectivity index (χ3n) is 8.92. The maximum absolute atomic E-state index is 11.9. The summed E-state index contributed by atoms with van der Waals surface area (Å²) in [5, 5.41) is 32.2. The molecule has 0 aromatic rings. The molecular weight excluding hydrogens is 300 g/mol. The van der Waals surface area contributed by atoms with Crippen molar-refractivity contribution in [3.63, 3.8) is 0 Å². The predicted octanol–water partition coefficient (Wildman–Crippen LogP) is 3.42. The molecule has 24 heavy (non-hydrogen) atoms. The number of aliphatic hydroxyl groups is 3. The maximum Gasteiger partial charge on any atom is 0.0738 e. The second-order valence-corrected chi connectivity index (χ2v) is 9.76. The Bertz CT molecular complexity index is 555. The van der Waals surface area contributed by atoms with Crippen LogP contribution < -0.4 is 0 Å². The number of aliphatic hydroxyl groups excluding tert-OH is 2. The smallest absolute Gasteiger partial charge is 0.0738 e. The van der Waals surface area contributed by atoms with Gasteiger partial charge in [0.2, 0.25) is 0 Å². The molecule has 0 heterocycles. The van der Waals surface area contributed by atoms with Crippen molar-refractivity contribution in [1.82, 2.24) is 0 Å². The minimum Gasteiger partial charge on any atom is -0.393 e. The highest BCUT2D eigenvalue weighted by Crippen LogP contribution is 2.68. The highest BCUT2D eigenvalue weighted by molar-refractivity contribution is 5.28. The second-order valence-electron chi connectivity index (χ2n) is 9.76. The summed E-state index contributed by atoms with van der Waals surface area (Å²) in [5.41, 5.74) is 0.804. The van der Waals surface area contributed by atoms with Gasteiger partial charge in [0.25, 0.3) is 0 Å². The van der Waals surface area contributed by atoms with E-state index in [4.69, 9.17) is 0 Å². The Morgan fingerprint density at radius 2 is 1.83 bits per heavy atom. The van der Waals surface area contributed by atoms with E-state index in [0.717, 1.165) is 51.4 Å². The molecule has 0 bridgehead atoms. The van der Waals surface area contributed by atoms with Crippen LogP contribution in [0, 0.1) is 28.6 Å². The van der Waals surface area contributed by atoms with E-state index < -0.39 is 5.60 Å². The molecule has 0 saturated heterocycles. The Morgan fingerprint density at radius 3 is 2.54 bits per heavy atom. The lowest BCUT2D eigenvalue weighted by Crippen LogP contribution is -2.61. The van der Waals surface area contributed by atoms with Crippen molar-refractivity contribution in [2.45, 2.75) is 89.9 Å². The van der Waals surface area contributed by atoms with Crippen LogP contribution in [0.4, 0.5) is 0 Å². The van der Waals surface area contributed by atoms with Crippen molar-refractivity contribution in [1.29, 1.82) is 0 Å². The van der Waals surface area contributed by atoms with Gasteiger partial charge in [-0.15, -0.1) is 0 Å². The monoisotopic (exact) mass is 334 g/mol. The van der Waals surface area contributed by atoms with Crippen molar-refractivity contribution in [3.05, 3.63) is 11.6 Å². The van der Waals surface area contributed by atoms with Gasteiger partial charge in [-0.25, -0.2) is 0 Å².